The molecule has 5 aliphatic rings. The Morgan fingerprint density at radius 2 is 0.756 bits per heavy atom. The van der Waals surface area contributed by atoms with Crippen molar-refractivity contribution in [2.24, 2.45) is 0 Å². The van der Waals surface area contributed by atoms with Crippen molar-refractivity contribution in [1.82, 2.24) is 4.57 Å². The van der Waals surface area contributed by atoms with Crippen LogP contribution < -0.4 is 57.6 Å². The van der Waals surface area contributed by atoms with Crippen LogP contribution in [0.2, 0.25) is 0 Å². The van der Waals surface area contributed by atoms with E-state index >= 15 is 0 Å². The SMILES string of the molecule is CC(C)(C)c1ccc(-c2cccc(N3c4cccc5c4B(c4ccc(N(c6ccc(C(C)(C)C)cc6)c6ccc(C(C)(C)CCC(C)(C)c7ccc(N8c9cc(C%10CCCCC%10)cc%10c9B(c9ccc(C(C)(C)C)cc9N%10c9ccc(C(C)(C)C)cc9)c9oc%10ccccc%10c98)cc7)cc6)cc4N5c4ccccc4)c4c3c3ccccc3n4-c3ccccc3)c2)cc1. The number of fused-ring (bicyclic) bond motifs is 12. The van der Waals surface area contributed by atoms with Gasteiger partial charge in [0.1, 0.15) is 5.58 Å². The van der Waals surface area contributed by atoms with Gasteiger partial charge in [-0.3, -0.25) is 0 Å². The standard InChI is InChI=1S/C118H116B2N6O/c1-113(2,3)81-48-46-78(47-49-81)79-34-30-39-93(72-79)125-101-44-31-43-100-107(101)119(111-109(125)95-40-26-28-42-99(95)126(111)88-37-24-19-25-38-88)97-69-67-94(76-103(97)122(100)87-35-22-18-23-36-87)121(89-59-50-82(51-60-89)114(4,5)6)90-63-54-84(55-64-90)117(13,14)70-71-118(15,16)85-56-65-92(66-57-85)124-105-74-80(77-32-20-17-21-33-77)73-104-108(105)120(112-110(124)96-41-27-29-45-106(96)127-112)98-68-58-86(116(10,11)12)75-102(98)123(104)91-61-52-83(53-62-91)115(7,8)9/h18-19,22-31,34-69,72-77H,17,20-21,32-33,70-71H2,1-16H3. The van der Waals surface area contributed by atoms with Gasteiger partial charge in [0.15, 0.2) is 0 Å². The van der Waals surface area contributed by atoms with Crippen molar-refractivity contribution >= 4 is 154 Å². The molecular formula is C118H116B2N6O. The summed E-state index contributed by atoms with van der Waals surface area (Å²) in [6.07, 6.45) is 8.18. The third-order valence-electron chi connectivity index (χ3n) is 29.0. The molecule has 14 aromatic carbocycles. The fourth-order valence-corrected chi connectivity index (χ4v) is 21.6. The predicted octanol–water partition coefficient (Wildman–Crippen LogP) is 29.0. The summed E-state index contributed by atoms with van der Waals surface area (Å²) in [5.41, 5.74) is 39.3. The van der Waals surface area contributed by atoms with Crippen LogP contribution in [0.25, 0.3) is 38.7 Å². The summed E-state index contributed by atoms with van der Waals surface area (Å²) in [6, 6.07) is 123. The van der Waals surface area contributed by atoms with Crippen LogP contribution in [0, 0.1) is 0 Å². The highest BCUT2D eigenvalue weighted by Crippen LogP contribution is 2.54. The molecule has 127 heavy (non-hydrogen) atoms. The number of furan rings is 1. The molecule has 16 aromatic rings. The van der Waals surface area contributed by atoms with Gasteiger partial charge in [0.05, 0.1) is 22.6 Å². The van der Waals surface area contributed by atoms with Gasteiger partial charge in [0.2, 0.25) is 0 Å². The monoisotopic (exact) mass is 1650 g/mol. The largest absolute Gasteiger partial charge is 0.468 e. The zero-order chi connectivity index (χ0) is 87.5. The van der Waals surface area contributed by atoms with Gasteiger partial charge in [0, 0.05) is 96.0 Å². The second-order valence-electron chi connectivity index (χ2n) is 42.2. The van der Waals surface area contributed by atoms with Gasteiger partial charge in [-0.25, -0.2) is 0 Å². The molecule has 6 heterocycles. The molecular weight excluding hydrogens is 1540 g/mol. The van der Waals surface area contributed by atoms with Gasteiger partial charge in [-0.1, -0.05) is 306 Å². The molecule has 1 aliphatic carbocycles. The Morgan fingerprint density at radius 3 is 1.37 bits per heavy atom. The Balaban J connectivity index is 0.635. The quantitative estimate of drug-likeness (QED) is 0.0952. The number of para-hydroxylation sites is 4. The van der Waals surface area contributed by atoms with E-state index in [1.54, 1.807) is 0 Å². The Hall–Kier alpha value is -12.7. The number of hydrogen-bond acceptors (Lipinski definition) is 6. The molecule has 0 saturated heterocycles. The number of anilines is 15. The number of rotatable bonds is 15. The first-order chi connectivity index (χ1) is 61.0. The lowest BCUT2D eigenvalue weighted by Crippen LogP contribution is -2.62. The Morgan fingerprint density at radius 1 is 0.315 bits per heavy atom. The average molecular weight is 1660 g/mol. The molecule has 7 nitrogen and oxygen atoms in total. The third kappa shape index (κ3) is 14.0. The van der Waals surface area contributed by atoms with Gasteiger partial charge < -0.3 is 33.5 Å². The first-order valence-electron chi connectivity index (χ1n) is 46.5. The molecule has 630 valence electrons. The predicted molar refractivity (Wildman–Crippen MR) is 544 cm³/mol. The molecule has 0 spiro atoms. The summed E-state index contributed by atoms with van der Waals surface area (Å²) in [7, 11) is 0. The summed E-state index contributed by atoms with van der Waals surface area (Å²) in [6.45, 7) is 37.3. The molecule has 4 aliphatic heterocycles. The van der Waals surface area contributed by atoms with E-state index in [4.69, 9.17) is 4.42 Å². The summed E-state index contributed by atoms with van der Waals surface area (Å²) in [5, 5.41) is 2.34. The summed E-state index contributed by atoms with van der Waals surface area (Å²) >= 11 is 0. The lowest BCUT2D eigenvalue weighted by Gasteiger charge is -2.44. The molecule has 9 heteroatoms. The topological polar surface area (TPSA) is 34.3 Å². The second-order valence-corrected chi connectivity index (χ2v) is 42.2. The van der Waals surface area contributed by atoms with Crippen molar-refractivity contribution in [2.75, 3.05) is 24.5 Å². The minimum Gasteiger partial charge on any atom is -0.468 e. The fourth-order valence-electron chi connectivity index (χ4n) is 21.6. The van der Waals surface area contributed by atoms with Crippen LogP contribution in [0.3, 0.4) is 0 Å². The van der Waals surface area contributed by atoms with Crippen LogP contribution in [-0.4, -0.2) is 18.0 Å². The van der Waals surface area contributed by atoms with E-state index < -0.39 is 0 Å². The maximum atomic E-state index is 7.39. The fraction of sp³-hybridized carbons (Fsp3) is 0.254. The maximum Gasteiger partial charge on any atom is 0.297 e. The van der Waals surface area contributed by atoms with Crippen LogP contribution in [-0.2, 0) is 32.5 Å². The molecule has 0 atom stereocenters. The van der Waals surface area contributed by atoms with Crippen LogP contribution in [0.15, 0.2) is 326 Å². The molecule has 1 fully saturated rings. The highest BCUT2D eigenvalue weighted by atomic mass is 16.3. The lowest BCUT2D eigenvalue weighted by atomic mass is 9.35. The van der Waals surface area contributed by atoms with E-state index in [2.05, 4.69) is 461 Å². The smallest absolute Gasteiger partial charge is 0.297 e. The van der Waals surface area contributed by atoms with Crippen molar-refractivity contribution in [2.45, 2.75) is 194 Å². The van der Waals surface area contributed by atoms with Gasteiger partial charge in [-0.2, -0.15) is 0 Å². The molecule has 0 amide bonds. The molecule has 0 bridgehead atoms. The third-order valence-corrected chi connectivity index (χ3v) is 29.0. The van der Waals surface area contributed by atoms with E-state index in [1.165, 1.54) is 155 Å². The normalized spacial score (nSPS) is 14.6. The van der Waals surface area contributed by atoms with Gasteiger partial charge in [0.25, 0.3) is 13.4 Å². The van der Waals surface area contributed by atoms with Crippen molar-refractivity contribution in [3.63, 3.8) is 0 Å². The molecule has 2 aromatic heterocycles. The van der Waals surface area contributed by atoms with E-state index in [9.17, 15) is 0 Å². The first-order valence-corrected chi connectivity index (χ1v) is 46.5. The summed E-state index contributed by atoms with van der Waals surface area (Å²) in [5.74, 6) is 0.469. The molecule has 1 saturated carbocycles. The maximum absolute atomic E-state index is 7.39. The van der Waals surface area contributed by atoms with E-state index in [0.29, 0.717) is 5.92 Å². The Bertz CT molecular complexity index is 6910. The van der Waals surface area contributed by atoms with Gasteiger partial charge in [-0.05, 0) is 282 Å². The highest BCUT2D eigenvalue weighted by molar-refractivity contribution is 7.01. The van der Waals surface area contributed by atoms with Crippen molar-refractivity contribution in [1.29, 1.82) is 0 Å². The number of benzene rings is 14. The minimum absolute atomic E-state index is 0.0176. The van der Waals surface area contributed by atoms with Crippen molar-refractivity contribution in [3.8, 4) is 16.8 Å². The molecule has 0 N–H and O–H groups in total. The number of nitrogens with zero attached hydrogens (tertiary/aromatic N) is 6. The zero-order valence-corrected chi connectivity index (χ0v) is 76.9. The zero-order valence-electron chi connectivity index (χ0n) is 76.9. The Kier molecular flexibility index (Phi) is 19.6. The summed E-state index contributed by atoms with van der Waals surface area (Å²) in [4.78, 5) is 12.8. The molecule has 0 unspecified atom stereocenters. The number of aromatic nitrogens is 1. The average Bonchev–Trinajstić information content (AvgIpc) is 1.69. The van der Waals surface area contributed by atoms with Crippen molar-refractivity contribution in [3.05, 3.63) is 360 Å². The van der Waals surface area contributed by atoms with Gasteiger partial charge in [-0.15, -0.1) is 0 Å². The van der Waals surface area contributed by atoms with Crippen LogP contribution in [0.1, 0.15) is 201 Å². The number of hydrogen-bond donors (Lipinski definition) is 0. The first kappa shape index (κ1) is 81.3. The van der Waals surface area contributed by atoms with Gasteiger partial charge >= 0.3 is 0 Å². The van der Waals surface area contributed by atoms with E-state index in [1.807, 2.05) is 0 Å². The highest BCUT2D eigenvalue weighted by Gasteiger charge is 2.50. The summed E-state index contributed by atoms with van der Waals surface area (Å²) < 4.78 is 9.96. The molecule has 0 radical (unpaired) electrons. The molecule has 21 rings (SSSR count). The second kappa shape index (κ2) is 30.5. The minimum atomic E-state index is -0.171. The van der Waals surface area contributed by atoms with Crippen molar-refractivity contribution < 1.29 is 4.42 Å². The van der Waals surface area contributed by atoms with E-state index in [0.717, 1.165) is 86.3 Å². The van der Waals surface area contributed by atoms with Crippen LogP contribution in [0.5, 0.6) is 0 Å². The van der Waals surface area contributed by atoms with E-state index in [-0.39, 0.29) is 45.9 Å². The Labute approximate surface area is 753 Å². The van der Waals surface area contributed by atoms with Crippen LogP contribution >= 0.6 is 0 Å². The van der Waals surface area contributed by atoms with Crippen LogP contribution in [0.4, 0.5) is 85.3 Å². The lowest BCUT2D eigenvalue weighted by molar-refractivity contribution is 0.375.